The molecular formula is C14H20O4S. The molecule has 0 fully saturated rings. The maximum absolute atomic E-state index is 11.2. The Bertz CT molecular complexity index is 469. The summed E-state index contributed by atoms with van der Waals surface area (Å²) in [6, 6.07) is 3.83. The molecule has 0 aromatic heterocycles. The van der Waals surface area contributed by atoms with Gasteiger partial charge in [-0.3, -0.25) is 4.79 Å². The molecule has 1 aromatic carbocycles. The summed E-state index contributed by atoms with van der Waals surface area (Å²) in [6.07, 6.45) is 2.34. The van der Waals surface area contributed by atoms with Crippen molar-refractivity contribution in [1.82, 2.24) is 0 Å². The van der Waals surface area contributed by atoms with E-state index in [0.29, 0.717) is 17.9 Å². The van der Waals surface area contributed by atoms with Crippen molar-refractivity contribution in [2.24, 2.45) is 5.41 Å². The number of carboxylic acids is 1. The summed E-state index contributed by atoms with van der Waals surface area (Å²) in [5.74, 6) is 0.444. The van der Waals surface area contributed by atoms with Crippen LogP contribution in [0.4, 0.5) is 0 Å². The molecule has 0 aliphatic carbocycles. The summed E-state index contributed by atoms with van der Waals surface area (Å²) in [5.41, 5.74) is -0.0105. The number of rotatable bonds is 6. The van der Waals surface area contributed by atoms with Gasteiger partial charge in [-0.1, -0.05) is 6.07 Å². The normalized spacial score (nSPS) is 11.2. The van der Waals surface area contributed by atoms with Crippen LogP contribution >= 0.6 is 11.8 Å². The van der Waals surface area contributed by atoms with Crippen molar-refractivity contribution in [3.05, 3.63) is 17.7 Å². The smallest absolute Gasteiger partial charge is 0.309 e. The van der Waals surface area contributed by atoms with E-state index in [9.17, 15) is 9.90 Å². The van der Waals surface area contributed by atoms with Gasteiger partial charge in [-0.15, -0.1) is 11.8 Å². The van der Waals surface area contributed by atoms with Gasteiger partial charge in [0.25, 0.3) is 0 Å². The number of thioether (sulfide) groups is 1. The molecule has 1 N–H and O–H groups in total. The lowest BCUT2D eigenvalue weighted by Crippen LogP contribution is -2.26. The molecule has 0 saturated heterocycles. The largest absolute Gasteiger partial charge is 0.493 e. The maximum atomic E-state index is 11.2. The van der Waals surface area contributed by atoms with E-state index in [0.717, 1.165) is 10.5 Å². The highest BCUT2D eigenvalue weighted by molar-refractivity contribution is 7.98. The van der Waals surface area contributed by atoms with Crippen molar-refractivity contribution in [3.8, 4) is 11.5 Å². The summed E-state index contributed by atoms with van der Waals surface area (Å²) in [6.45, 7) is 3.40. The summed E-state index contributed by atoms with van der Waals surface area (Å²) in [5, 5.41) is 9.22. The van der Waals surface area contributed by atoms with Gasteiger partial charge in [0, 0.05) is 0 Å². The number of carboxylic acid groups (broad SMARTS) is 1. The van der Waals surface area contributed by atoms with Crippen LogP contribution in [-0.4, -0.2) is 31.6 Å². The standard InChI is InChI=1S/C14H20O4S/c1-14(2,13(15)16)8-9-6-7-10(19-5)12(18-4)11(9)17-3/h6-7H,8H2,1-5H3,(H,15,16). The maximum Gasteiger partial charge on any atom is 0.309 e. The molecule has 1 rings (SSSR count). The lowest BCUT2D eigenvalue weighted by Gasteiger charge is -2.22. The summed E-state index contributed by atoms with van der Waals surface area (Å²) >= 11 is 1.56. The second kappa shape index (κ2) is 6.19. The fourth-order valence-electron chi connectivity index (χ4n) is 1.85. The van der Waals surface area contributed by atoms with Crippen LogP contribution in [0.15, 0.2) is 17.0 Å². The van der Waals surface area contributed by atoms with Crippen molar-refractivity contribution in [2.75, 3.05) is 20.5 Å². The topological polar surface area (TPSA) is 55.8 Å². The van der Waals surface area contributed by atoms with Gasteiger partial charge in [0.15, 0.2) is 11.5 Å². The molecule has 106 valence electrons. The third-order valence-electron chi connectivity index (χ3n) is 3.00. The number of hydrogen-bond donors (Lipinski definition) is 1. The predicted octanol–water partition coefficient (Wildman–Crippen LogP) is 3.08. The van der Waals surface area contributed by atoms with E-state index in [-0.39, 0.29) is 0 Å². The molecule has 0 atom stereocenters. The molecule has 1 aromatic rings. The van der Waals surface area contributed by atoms with E-state index < -0.39 is 11.4 Å². The second-order valence-electron chi connectivity index (χ2n) is 4.86. The minimum Gasteiger partial charge on any atom is -0.493 e. The molecule has 0 bridgehead atoms. The van der Waals surface area contributed by atoms with E-state index >= 15 is 0 Å². The van der Waals surface area contributed by atoms with Crippen LogP contribution in [0.2, 0.25) is 0 Å². The molecule has 0 spiro atoms. The van der Waals surface area contributed by atoms with E-state index in [1.807, 2.05) is 18.4 Å². The van der Waals surface area contributed by atoms with Crippen LogP contribution in [0.3, 0.4) is 0 Å². The van der Waals surface area contributed by atoms with E-state index in [1.165, 1.54) is 0 Å². The van der Waals surface area contributed by atoms with Crippen LogP contribution in [0.5, 0.6) is 11.5 Å². The van der Waals surface area contributed by atoms with Gasteiger partial charge in [0.05, 0.1) is 24.5 Å². The third-order valence-corrected chi connectivity index (χ3v) is 3.76. The molecule has 0 amide bonds. The Labute approximate surface area is 118 Å². The zero-order valence-electron chi connectivity index (χ0n) is 11.9. The summed E-state index contributed by atoms with van der Waals surface area (Å²) < 4.78 is 10.8. The average Bonchev–Trinajstić information content (AvgIpc) is 2.37. The zero-order chi connectivity index (χ0) is 14.6. The first kappa shape index (κ1) is 15.7. The van der Waals surface area contributed by atoms with Crippen molar-refractivity contribution >= 4 is 17.7 Å². The van der Waals surface area contributed by atoms with Crippen LogP contribution in [-0.2, 0) is 11.2 Å². The fourth-order valence-corrected chi connectivity index (χ4v) is 2.42. The van der Waals surface area contributed by atoms with Crippen molar-refractivity contribution < 1.29 is 19.4 Å². The zero-order valence-corrected chi connectivity index (χ0v) is 12.8. The first-order chi connectivity index (χ1) is 8.87. The molecule has 0 aliphatic rings. The second-order valence-corrected chi connectivity index (χ2v) is 5.71. The van der Waals surface area contributed by atoms with Gasteiger partial charge in [-0.05, 0) is 38.2 Å². The third kappa shape index (κ3) is 3.35. The van der Waals surface area contributed by atoms with Crippen LogP contribution < -0.4 is 9.47 Å². The number of methoxy groups -OCH3 is 2. The van der Waals surface area contributed by atoms with E-state index in [2.05, 4.69) is 0 Å². The molecule has 0 unspecified atom stereocenters. The molecule has 0 aliphatic heterocycles. The molecule has 4 nitrogen and oxygen atoms in total. The van der Waals surface area contributed by atoms with E-state index in [4.69, 9.17) is 9.47 Å². The number of ether oxygens (including phenoxy) is 2. The van der Waals surface area contributed by atoms with Gasteiger partial charge in [-0.25, -0.2) is 0 Å². The van der Waals surface area contributed by atoms with Gasteiger partial charge in [0.2, 0.25) is 0 Å². The molecule has 0 saturated carbocycles. The van der Waals surface area contributed by atoms with Crippen molar-refractivity contribution in [3.63, 3.8) is 0 Å². The highest BCUT2D eigenvalue weighted by atomic mass is 32.2. The highest BCUT2D eigenvalue weighted by Gasteiger charge is 2.29. The quantitative estimate of drug-likeness (QED) is 0.814. The summed E-state index contributed by atoms with van der Waals surface area (Å²) in [4.78, 5) is 12.2. The first-order valence-electron chi connectivity index (χ1n) is 5.88. The Morgan fingerprint density at radius 1 is 1.26 bits per heavy atom. The number of aliphatic carboxylic acids is 1. The molecule has 19 heavy (non-hydrogen) atoms. The molecule has 5 heteroatoms. The number of benzene rings is 1. The number of hydrogen-bond acceptors (Lipinski definition) is 4. The fraction of sp³-hybridized carbons (Fsp3) is 0.500. The summed E-state index contributed by atoms with van der Waals surface area (Å²) in [7, 11) is 3.16. The van der Waals surface area contributed by atoms with Gasteiger partial charge in [0.1, 0.15) is 0 Å². The SMILES string of the molecule is COc1c(CC(C)(C)C(=O)O)ccc(SC)c1OC. The molecule has 0 radical (unpaired) electrons. The predicted molar refractivity (Wildman–Crippen MR) is 76.4 cm³/mol. The van der Waals surface area contributed by atoms with Crippen LogP contribution in [0.1, 0.15) is 19.4 Å². The van der Waals surface area contributed by atoms with E-state index in [1.54, 1.807) is 39.8 Å². The lowest BCUT2D eigenvalue weighted by atomic mass is 9.85. The Balaban J connectivity index is 3.26. The Morgan fingerprint density at radius 2 is 1.84 bits per heavy atom. The molecule has 0 heterocycles. The molecular weight excluding hydrogens is 264 g/mol. The Kier molecular flexibility index (Phi) is 5.11. The van der Waals surface area contributed by atoms with Gasteiger partial charge < -0.3 is 14.6 Å². The minimum atomic E-state index is -0.848. The highest BCUT2D eigenvalue weighted by Crippen LogP contribution is 2.41. The number of carbonyl (C=O) groups is 1. The van der Waals surface area contributed by atoms with Gasteiger partial charge in [-0.2, -0.15) is 0 Å². The van der Waals surface area contributed by atoms with Crippen LogP contribution in [0, 0.1) is 5.41 Å². The first-order valence-corrected chi connectivity index (χ1v) is 7.11. The average molecular weight is 284 g/mol. The Hall–Kier alpha value is -1.36. The van der Waals surface area contributed by atoms with Crippen LogP contribution in [0.25, 0.3) is 0 Å². The lowest BCUT2D eigenvalue weighted by molar-refractivity contribution is -0.146. The van der Waals surface area contributed by atoms with Gasteiger partial charge >= 0.3 is 5.97 Å². The van der Waals surface area contributed by atoms with Crippen molar-refractivity contribution in [1.29, 1.82) is 0 Å². The van der Waals surface area contributed by atoms with Crippen molar-refractivity contribution in [2.45, 2.75) is 25.2 Å². The monoisotopic (exact) mass is 284 g/mol. The minimum absolute atomic E-state index is 0.385. The Morgan fingerprint density at radius 3 is 2.26 bits per heavy atom.